The van der Waals surface area contributed by atoms with Gasteiger partial charge in [0.15, 0.2) is 11.5 Å². The number of rotatable bonds is 5. The molecule has 0 radical (unpaired) electrons. The van der Waals surface area contributed by atoms with Crippen LogP contribution in [0.3, 0.4) is 0 Å². The fourth-order valence-electron chi connectivity index (χ4n) is 3.55. The smallest absolute Gasteiger partial charge is 0.161 e. The second-order valence-corrected chi connectivity index (χ2v) is 6.69. The summed E-state index contributed by atoms with van der Waals surface area (Å²) >= 11 is 0. The number of benzene rings is 1. The molecule has 0 aliphatic carbocycles. The van der Waals surface area contributed by atoms with Gasteiger partial charge in [0.25, 0.3) is 0 Å². The molecule has 2 aromatic heterocycles. The number of ether oxygens (including phenoxy) is 2. The topological polar surface area (TPSA) is 61.2 Å². The summed E-state index contributed by atoms with van der Waals surface area (Å²) < 4.78 is 13.0. The highest BCUT2D eigenvalue weighted by Crippen LogP contribution is 2.35. The molecule has 0 amide bonds. The van der Waals surface area contributed by atoms with E-state index in [4.69, 9.17) is 14.6 Å². The van der Waals surface area contributed by atoms with Crippen molar-refractivity contribution in [2.75, 3.05) is 19.5 Å². The molecule has 0 saturated carbocycles. The minimum atomic E-state index is 0.0688. The number of fused-ring (bicyclic) bond motifs is 2. The number of aryl methyl sites for hydroxylation is 2. The lowest BCUT2D eigenvalue weighted by Gasteiger charge is -2.16. The molecule has 1 aliphatic rings. The maximum absolute atomic E-state index is 5.45. The first-order valence-electron chi connectivity index (χ1n) is 9.03. The Morgan fingerprint density at radius 1 is 1.12 bits per heavy atom. The van der Waals surface area contributed by atoms with Crippen molar-refractivity contribution in [2.24, 2.45) is 0 Å². The Balaban J connectivity index is 1.67. The van der Waals surface area contributed by atoms with E-state index in [-0.39, 0.29) is 6.04 Å². The quantitative estimate of drug-likeness (QED) is 0.753. The minimum absolute atomic E-state index is 0.0688. The summed E-state index contributed by atoms with van der Waals surface area (Å²) in [5.41, 5.74) is 2.39. The van der Waals surface area contributed by atoms with Crippen LogP contribution in [-0.2, 0) is 13.0 Å². The largest absolute Gasteiger partial charge is 0.493 e. The molecule has 0 spiro atoms. The van der Waals surface area contributed by atoms with E-state index in [9.17, 15) is 0 Å². The average Bonchev–Trinajstić information content (AvgIpc) is 3.11. The lowest BCUT2D eigenvalue weighted by atomic mass is 10.1. The van der Waals surface area contributed by atoms with Crippen molar-refractivity contribution in [3.63, 3.8) is 0 Å². The predicted molar refractivity (Wildman–Crippen MR) is 102 cm³/mol. The summed E-state index contributed by atoms with van der Waals surface area (Å²) in [5, 5.41) is 10.3. The zero-order valence-electron chi connectivity index (χ0n) is 15.5. The van der Waals surface area contributed by atoms with Crippen LogP contribution in [0.1, 0.15) is 37.2 Å². The van der Waals surface area contributed by atoms with Gasteiger partial charge in [-0.3, -0.25) is 4.68 Å². The Hall–Kier alpha value is -2.76. The molecule has 26 heavy (non-hydrogen) atoms. The molecule has 1 N–H and O–H groups in total. The maximum atomic E-state index is 5.45. The van der Waals surface area contributed by atoms with E-state index < -0.39 is 0 Å². The second-order valence-electron chi connectivity index (χ2n) is 6.69. The number of hydrogen-bond donors (Lipinski definition) is 1. The molecule has 1 atom stereocenters. The normalized spacial score (nSPS) is 14.7. The molecular formula is C20H24N4O2. The predicted octanol–water partition coefficient (Wildman–Crippen LogP) is 3.96. The van der Waals surface area contributed by atoms with Crippen LogP contribution < -0.4 is 14.8 Å². The fourth-order valence-corrected chi connectivity index (χ4v) is 3.55. The highest BCUT2D eigenvalue weighted by atomic mass is 16.5. The lowest BCUT2D eigenvalue weighted by Crippen LogP contribution is -2.12. The fraction of sp³-hybridized carbons (Fsp3) is 0.400. The van der Waals surface area contributed by atoms with Crippen molar-refractivity contribution in [2.45, 2.75) is 38.8 Å². The van der Waals surface area contributed by atoms with Gasteiger partial charge in [-0.05, 0) is 55.8 Å². The van der Waals surface area contributed by atoms with E-state index in [0.717, 1.165) is 35.2 Å². The van der Waals surface area contributed by atoms with Crippen LogP contribution in [-0.4, -0.2) is 29.0 Å². The van der Waals surface area contributed by atoms with Gasteiger partial charge < -0.3 is 14.8 Å². The van der Waals surface area contributed by atoms with Gasteiger partial charge in [0.2, 0.25) is 0 Å². The standard InChI is InChI=1S/C20H24N4O2/c1-13(17-11-15-6-4-5-9-24(15)23-17)22-20-16-12-19(26-3)18(25-2)10-14(16)7-8-21-20/h7-8,10-13H,4-6,9H2,1-3H3,(H,21,22). The summed E-state index contributed by atoms with van der Waals surface area (Å²) in [4.78, 5) is 4.54. The third-order valence-electron chi connectivity index (χ3n) is 5.00. The monoisotopic (exact) mass is 352 g/mol. The minimum Gasteiger partial charge on any atom is -0.493 e. The molecule has 1 aliphatic heterocycles. The van der Waals surface area contributed by atoms with E-state index >= 15 is 0 Å². The number of nitrogens with one attached hydrogen (secondary N) is 1. The van der Waals surface area contributed by atoms with Gasteiger partial charge >= 0.3 is 0 Å². The summed E-state index contributed by atoms with van der Waals surface area (Å²) in [5.74, 6) is 2.23. The van der Waals surface area contributed by atoms with Gasteiger partial charge in [0, 0.05) is 23.8 Å². The number of anilines is 1. The highest BCUT2D eigenvalue weighted by Gasteiger charge is 2.17. The van der Waals surface area contributed by atoms with Crippen LogP contribution in [0.4, 0.5) is 5.82 Å². The summed E-state index contributed by atoms with van der Waals surface area (Å²) in [6.07, 6.45) is 5.38. The van der Waals surface area contributed by atoms with Crippen LogP contribution in [0.5, 0.6) is 11.5 Å². The van der Waals surface area contributed by atoms with Gasteiger partial charge in [0.05, 0.1) is 26.0 Å². The first-order valence-corrected chi connectivity index (χ1v) is 9.03. The molecule has 0 saturated heterocycles. The van der Waals surface area contributed by atoms with E-state index in [0.29, 0.717) is 11.5 Å². The molecule has 3 aromatic rings. The van der Waals surface area contributed by atoms with E-state index in [1.54, 1.807) is 14.2 Å². The Morgan fingerprint density at radius 2 is 1.92 bits per heavy atom. The van der Waals surface area contributed by atoms with Crippen LogP contribution >= 0.6 is 0 Å². The van der Waals surface area contributed by atoms with Gasteiger partial charge in [-0.15, -0.1) is 0 Å². The van der Waals surface area contributed by atoms with E-state index in [2.05, 4.69) is 28.0 Å². The molecule has 6 heteroatoms. The van der Waals surface area contributed by atoms with Crippen molar-refractivity contribution >= 4 is 16.6 Å². The lowest BCUT2D eigenvalue weighted by molar-refractivity contribution is 0.356. The number of nitrogens with zero attached hydrogens (tertiary/aromatic N) is 3. The zero-order valence-corrected chi connectivity index (χ0v) is 15.5. The van der Waals surface area contributed by atoms with Crippen molar-refractivity contribution in [3.8, 4) is 11.5 Å². The Labute approximate surface area is 153 Å². The Bertz CT molecular complexity index is 911. The number of hydrogen-bond acceptors (Lipinski definition) is 5. The SMILES string of the molecule is COc1cc2ccnc(NC(C)c3cc4n(n3)CCCC4)c2cc1OC. The second kappa shape index (κ2) is 6.86. The van der Waals surface area contributed by atoms with Gasteiger partial charge in [-0.2, -0.15) is 5.10 Å². The summed E-state index contributed by atoms with van der Waals surface area (Å²) in [6, 6.07) is 8.20. The van der Waals surface area contributed by atoms with Gasteiger partial charge in [-0.1, -0.05) is 0 Å². The third-order valence-corrected chi connectivity index (χ3v) is 5.00. The summed E-state index contributed by atoms with van der Waals surface area (Å²) in [7, 11) is 3.29. The van der Waals surface area contributed by atoms with Crippen molar-refractivity contribution in [1.29, 1.82) is 0 Å². The molecule has 4 rings (SSSR count). The number of pyridine rings is 1. The molecule has 1 aromatic carbocycles. The van der Waals surface area contributed by atoms with E-state index in [1.165, 1.54) is 18.5 Å². The van der Waals surface area contributed by atoms with Crippen molar-refractivity contribution < 1.29 is 9.47 Å². The third kappa shape index (κ3) is 2.96. The Morgan fingerprint density at radius 3 is 2.69 bits per heavy atom. The van der Waals surface area contributed by atoms with Crippen LogP contribution in [0.25, 0.3) is 10.8 Å². The molecular weight excluding hydrogens is 328 g/mol. The van der Waals surface area contributed by atoms with Crippen LogP contribution in [0.15, 0.2) is 30.5 Å². The van der Waals surface area contributed by atoms with Crippen molar-refractivity contribution in [1.82, 2.24) is 14.8 Å². The molecule has 1 unspecified atom stereocenters. The zero-order chi connectivity index (χ0) is 18.1. The van der Waals surface area contributed by atoms with Crippen LogP contribution in [0.2, 0.25) is 0 Å². The average molecular weight is 352 g/mol. The first kappa shape index (κ1) is 16.7. The van der Waals surface area contributed by atoms with E-state index in [1.807, 2.05) is 24.4 Å². The number of methoxy groups -OCH3 is 2. The van der Waals surface area contributed by atoms with Crippen molar-refractivity contribution in [3.05, 3.63) is 41.9 Å². The van der Waals surface area contributed by atoms with Gasteiger partial charge in [0.1, 0.15) is 5.82 Å². The van der Waals surface area contributed by atoms with Crippen LogP contribution in [0, 0.1) is 0 Å². The molecule has 3 heterocycles. The highest BCUT2D eigenvalue weighted by molar-refractivity contribution is 5.94. The maximum Gasteiger partial charge on any atom is 0.161 e. The van der Waals surface area contributed by atoms with Gasteiger partial charge in [-0.25, -0.2) is 4.98 Å². The molecule has 136 valence electrons. The first-order chi connectivity index (χ1) is 12.7. The summed E-state index contributed by atoms with van der Waals surface area (Å²) in [6.45, 7) is 3.14. The molecule has 0 fully saturated rings. The number of aromatic nitrogens is 3. The molecule has 6 nitrogen and oxygen atoms in total. The Kier molecular flexibility index (Phi) is 4.41. The molecule has 0 bridgehead atoms.